The Hall–Kier alpha value is -2.08. The van der Waals surface area contributed by atoms with Crippen molar-refractivity contribution in [1.29, 1.82) is 0 Å². The van der Waals surface area contributed by atoms with Crippen molar-refractivity contribution in [2.45, 2.75) is 0 Å². The molecule has 0 bridgehead atoms. The number of halogens is 1. The zero-order valence-corrected chi connectivity index (χ0v) is 11.6. The number of anilines is 3. The molecule has 1 aromatic carbocycles. The summed E-state index contributed by atoms with van der Waals surface area (Å²) in [6.45, 7) is 0. The molecule has 0 radical (unpaired) electrons. The lowest BCUT2D eigenvalue weighted by Gasteiger charge is -2.14. The Bertz CT molecular complexity index is 576. The fraction of sp³-hybridized carbons (Fsp3) is 0.250. The largest absolute Gasteiger partial charge is 0.467 e. The smallest absolute Gasteiger partial charge is 0.322 e. The number of rotatable bonds is 4. The molecule has 1 aromatic heterocycles. The van der Waals surface area contributed by atoms with Crippen LogP contribution in [0.2, 0.25) is 5.28 Å². The monoisotopic (exact) mass is 279 g/mol. The van der Waals surface area contributed by atoms with E-state index in [0.717, 1.165) is 11.4 Å². The van der Waals surface area contributed by atoms with Crippen LogP contribution in [-0.4, -0.2) is 36.2 Å². The summed E-state index contributed by atoms with van der Waals surface area (Å²) in [6.07, 6.45) is 0. The molecule has 0 saturated carbocycles. The summed E-state index contributed by atoms with van der Waals surface area (Å²) in [5.41, 5.74) is 1.92. The molecule has 0 spiro atoms. The number of ether oxygens (including phenoxy) is 1. The summed E-state index contributed by atoms with van der Waals surface area (Å²) in [4.78, 5) is 13.9. The van der Waals surface area contributed by atoms with Gasteiger partial charge in [-0.05, 0) is 29.8 Å². The minimum atomic E-state index is 0.0816. The molecule has 0 fully saturated rings. The molecule has 0 aliphatic heterocycles. The molecule has 2 rings (SSSR count). The highest BCUT2D eigenvalue weighted by atomic mass is 35.5. The van der Waals surface area contributed by atoms with Gasteiger partial charge in [0.15, 0.2) is 0 Å². The molecular formula is C12H14ClN5O. The minimum Gasteiger partial charge on any atom is -0.467 e. The van der Waals surface area contributed by atoms with E-state index in [1.807, 2.05) is 43.3 Å². The SMILES string of the molecule is COc1nc(Cl)nc(Nc2cccc(N(C)C)c2)n1. The lowest BCUT2D eigenvalue weighted by molar-refractivity contribution is 0.379. The first kappa shape index (κ1) is 13.4. The second-order valence-electron chi connectivity index (χ2n) is 3.98. The van der Waals surface area contributed by atoms with Crippen LogP contribution < -0.4 is 15.0 Å². The first-order chi connectivity index (χ1) is 9.08. The van der Waals surface area contributed by atoms with Crippen LogP contribution in [0.4, 0.5) is 17.3 Å². The fourth-order valence-corrected chi connectivity index (χ4v) is 1.62. The summed E-state index contributed by atoms with van der Waals surface area (Å²) in [7, 11) is 5.42. The van der Waals surface area contributed by atoms with Crippen LogP contribution in [0.1, 0.15) is 0 Å². The highest BCUT2D eigenvalue weighted by molar-refractivity contribution is 6.28. The number of benzene rings is 1. The molecule has 0 unspecified atom stereocenters. The molecule has 2 aromatic rings. The number of nitrogens with zero attached hydrogens (tertiary/aromatic N) is 4. The van der Waals surface area contributed by atoms with Crippen LogP contribution in [0.3, 0.4) is 0 Å². The van der Waals surface area contributed by atoms with Crippen LogP contribution >= 0.6 is 11.6 Å². The van der Waals surface area contributed by atoms with Gasteiger partial charge in [-0.3, -0.25) is 0 Å². The Kier molecular flexibility index (Phi) is 4.01. The second kappa shape index (κ2) is 5.71. The topological polar surface area (TPSA) is 63.2 Å². The number of hydrogen-bond acceptors (Lipinski definition) is 6. The number of methoxy groups -OCH3 is 1. The molecule has 0 aliphatic rings. The van der Waals surface area contributed by atoms with Gasteiger partial charge >= 0.3 is 6.01 Å². The molecule has 0 amide bonds. The van der Waals surface area contributed by atoms with E-state index in [-0.39, 0.29) is 11.3 Å². The van der Waals surface area contributed by atoms with Gasteiger partial charge in [0.05, 0.1) is 7.11 Å². The zero-order chi connectivity index (χ0) is 13.8. The Labute approximate surface area is 116 Å². The maximum Gasteiger partial charge on any atom is 0.322 e. The lowest BCUT2D eigenvalue weighted by Crippen LogP contribution is -2.09. The summed E-state index contributed by atoms with van der Waals surface area (Å²) in [5.74, 6) is 0.341. The average molecular weight is 280 g/mol. The van der Waals surface area contributed by atoms with Crippen LogP contribution in [-0.2, 0) is 0 Å². The van der Waals surface area contributed by atoms with Gasteiger partial charge in [0, 0.05) is 25.5 Å². The van der Waals surface area contributed by atoms with E-state index in [0.29, 0.717) is 5.95 Å². The van der Waals surface area contributed by atoms with Crippen molar-refractivity contribution in [3.63, 3.8) is 0 Å². The molecule has 1 heterocycles. The highest BCUT2D eigenvalue weighted by Crippen LogP contribution is 2.21. The Morgan fingerprint density at radius 2 is 2.00 bits per heavy atom. The van der Waals surface area contributed by atoms with Crippen molar-refractivity contribution in [2.75, 3.05) is 31.4 Å². The maximum absolute atomic E-state index is 5.79. The van der Waals surface area contributed by atoms with Crippen LogP contribution in [0.5, 0.6) is 6.01 Å². The van der Waals surface area contributed by atoms with Crippen molar-refractivity contribution in [2.24, 2.45) is 0 Å². The minimum absolute atomic E-state index is 0.0816. The third kappa shape index (κ3) is 3.45. The molecule has 100 valence electrons. The van der Waals surface area contributed by atoms with E-state index in [1.165, 1.54) is 7.11 Å². The summed E-state index contributed by atoms with van der Waals surface area (Å²) < 4.78 is 4.94. The van der Waals surface area contributed by atoms with Crippen LogP contribution in [0, 0.1) is 0 Å². The number of hydrogen-bond donors (Lipinski definition) is 1. The summed E-state index contributed by atoms with van der Waals surface area (Å²) >= 11 is 5.79. The molecule has 1 N–H and O–H groups in total. The maximum atomic E-state index is 5.79. The van der Waals surface area contributed by atoms with E-state index < -0.39 is 0 Å². The quantitative estimate of drug-likeness (QED) is 0.927. The Balaban J connectivity index is 2.25. The predicted molar refractivity (Wildman–Crippen MR) is 75.4 cm³/mol. The lowest BCUT2D eigenvalue weighted by atomic mass is 10.2. The van der Waals surface area contributed by atoms with Crippen molar-refractivity contribution in [3.05, 3.63) is 29.5 Å². The number of aromatic nitrogens is 3. The summed E-state index contributed by atoms with van der Waals surface area (Å²) in [5, 5.41) is 3.14. The number of nitrogens with one attached hydrogen (secondary N) is 1. The Morgan fingerprint density at radius 1 is 1.21 bits per heavy atom. The average Bonchev–Trinajstić information content (AvgIpc) is 2.38. The predicted octanol–water partition coefficient (Wildman–Crippen LogP) is 2.34. The summed E-state index contributed by atoms with van der Waals surface area (Å²) in [6, 6.07) is 8.01. The van der Waals surface area contributed by atoms with Crippen molar-refractivity contribution < 1.29 is 4.74 Å². The first-order valence-electron chi connectivity index (χ1n) is 5.58. The van der Waals surface area contributed by atoms with Gasteiger partial charge in [-0.1, -0.05) is 6.07 Å². The highest BCUT2D eigenvalue weighted by Gasteiger charge is 2.06. The van der Waals surface area contributed by atoms with Gasteiger partial charge in [0.2, 0.25) is 11.2 Å². The Morgan fingerprint density at radius 3 is 2.68 bits per heavy atom. The molecule has 19 heavy (non-hydrogen) atoms. The van der Waals surface area contributed by atoms with Gasteiger partial charge < -0.3 is 15.0 Å². The van der Waals surface area contributed by atoms with Gasteiger partial charge in [-0.25, -0.2) is 0 Å². The molecular weight excluding hydrogens is 266 g/mol. The third-order valence-corrected chi connectivity index (χ3v) is 2.56. The molecule has 0 atom stereocenters. The fourth-order valence-electron chi connectivity index (χ4n) is 1.47. The van der Waals surface area contributed by atoms with E-state index in [2.05, 4.69) is 20.3 Å². The normalized spacial score (nSPS) is 10.1. The van der Waals surface area contributed by atoms with E-state index in [9.17, 15) is 0 Å². The van der Waals surface area contributed by atoms with E-state index >= 15 is 0 Å². The van der Waals surface area contributed by atoms with Crippen molar-refractivity contribution >= 4 is 28.9 Å². The van der Waals surface area contributed by atoms with Gasteiger partial charge in [0.25, 0.3) is 0 Å². The van der Waals surface area contributed by atoms with Gasteiger partial charge in [0.1, 0.15) is 0 Å². The van der Waals surface area contributed by atoms with Crippen LogP contribution in [0.15, 0.2) is 24.3 Å². The molecule has 0 aliphatic carbocycles. The van der Waals surface area contributed by atoms with Crippen molar-refractivity contribution in [3.8, 4) is 6.01 Å². The van der Waals surface area contributed by atoms with Gasteiger partial charge in [-0.2, -0.15) is 15.0 Å². The molecule has 0 saturated heterocycles. The van der Waals surface area contributed by atoms with Gasteiger partial charge in [-0.15, -0.1) is 0 Å². The van der Waals surface area contributed by atoms with E-state index in [4.69, 9.17) is 16.3 Å². The second-order valence-corrected chi connectivity index (χ2v) is 4.32. The molecule has 6 nitrogen and oxygen atoms in total. The first-order valence-corrected chi connectivity index (χ1v) is 5.96. The molecule has 7 heteroatoms. The zero-order valence-electron chi connectivity index (χ0n) is 10.9. The van der Waals surface area contributed by atoms with Crippen molar-refractivity contribution in [1.82, 2.24) is 15.0 Å². The third-order valence-electron chi connectivity index (χ3n) is 2.39. The standard InChI is InChI=1S/C12H14ClN5O/c1-18(2)9-6-4-5-8(7-9)14-11-15-10(13)16-12(17-11)19-3/h4-7H,1-3H3,(H,14,15,16,17). The van der Waals surface area contributed by atoms with E-state index in [1.54, 1.807) is 0 Å². The van der Waals surface area contributed by atoms with Crippen LogP contribution in [0.25, 0.3) is 0 Å².